The van der Waals surface area contributed by atoms with Gasteiger partial charge in [-0.3, -0.25) is 0 Å². The summed E-state index contributed by atoms with van der Waals surface area (Å²) in [4.78, 5) is 0. The summed E-state index contributed by atoms with van der Waals surface area (Å²) in [5.41, 5.74) is 2.74. The molecule has 188 valence electrons. The zero-order chi connectivity index (χ0) is 25.4. The van der Waals surface area contributed by atoms with Crippen LogP contribution in [-0.4, -0.2) is 0 Å². The fourth-order valence-electron chi connectivity index (χ4n) is 3.76. The Morgan fingerprint density at radius 2 is 0.971 bits per heavy atom. The summed E-state index contributed by atoms with van der Waals surface area (Å²) < 4.78 is 6.82. The van der Waals surface area contributed by atoms with E-state index in [0.717, 1.165) is 27.8 Å². The van der Waals surface area contributed by atoms with Crippen LogP contribution in [0.4, 0.5) is 0 Å². The van der Waals surface area contributed by atoms with Crippen molar-refractivity contribution in [2.45, 2.75) is 68.4 Å². The molecule has 0 bridgehead atoms. The van der Waals surface area contributed by atoms with Gasteiger partial charge in [0.1, 0.15) is 5.75 Å². The van der Waals surface area contributed by atoms with E-state index in [4.69, 9.17) is 4.74 Å². The summed E-state index contributed by atoms with van der Waals surface area (Å²) in [6.07, 6.45) is 4.36. The number of benzene rings is 4. The van der Waals surface area contributed by atoms with Crippen molar-refractivity contribution < 1.29 is 4.74 Å². The van der Waals surface area contributed by atoms with Crippen LogP contribution < -0.4 is 4.74 Å². The maximum absolute atomic E-state index is 6.82. The van der Waals surface area contributed by atoms with E-state index in [1.807, 2.05) is 67.5 Å². The highest BCUT2D eigenvalue weighted by atomic mass is 16.5. The number of hydrogen-bond donors (Lipinski definition) is 0. The molecular weight excluding hydrogens is 424 g/mol. The smallest absolute Gasteiger partial charge is 0.178 e. The summed E-state index contributed by atoms with van der Waals surface area (Å²) in [6, 6.07) is 33.5. The average Bonchev–Trinajstić information content (AvgIpc) is 2.98. The first-order valence-electron chi connectivity index (χ1n) is 12.9. The van der Waals surface area contributed by atoms with Gasteiger partial charge in [-0.1, -0.05) is 166 Å². The molecule has 1 heteroatoms. The van der Waals surface area contributed by atoms with Crippen LogP contribution in [-0.2, 0) is 5.60 Å². The molecule has 0 aliphatic carbocycles. The zero-order valence-corrected chi connectivity index (χ0v) is 22.3. The molecule has 0 unspecified atom stereocenters. The standard InChI is InChI=1S/C25H18O.4C2H6.CH4/c1-3-10-21(11-4-1)25(22-12-5-2-6-13-22)18-17-20-16-15-19-9-7-8-14-23(19)24(20)26-25;4*1-2;/h1-18H;4*1-2H3;1H4. The Balaban J connectivity index is 0.00000117. The minimum atomic E-state index is -0.625. The van der Waals surface area contributed by atoms with Crippen molar-refractivity contribution in [2.24, 2.45) is 0 Å². The topological polar surface area (TPSA) is 9.23 Å². The lowest BCUT2D eigenvalue weighted by atomic mass is 9.83. The van der Waals surface area contributed by atoms with Crippen molar-refractivity contribution in [1.29, 1.82) is 0 Å². The lowest BCUT2D eigenvalue weighted by Gasteiger charge is -2.36. The third kappa shape index (κ3) is 7.09. The maximum Gasteiger partial charge on any atom is 0.178 e. The van der Waals surface area contributed by atoms with Crippen molar-refractivity contribution in [3.63, 3.8) is 0 Å². The molecule has 0 saturated carbocycles. The fourth-order valence-corrected chi connectivity index (χ4v) is 3.76. The predicted molar refractivity (Wildman–Crippen MR) is 159 cm³/mol. The van der Waals surface area contributed by atoms with Gasteiger partial charge < -0.3 is 4.74 Å². The van der Waals surface area contributed by atoms with Gasteiger partial charge in [-0.2, -0.15) is 0 Å². The molecule has 0 N–H and O–H groups in total. The third-order valence-corrected chi connectivity index (χ3v) is 5.08. The molecule has 35 heavy (non-hydrogen) atoms. The van der Waals surface area contributed by atoms with Gasteiger partial charge in [-0.05, 0) is 11.5 Å². The second kappa shape index (κ2) is 17.2. The van der Waals surface area contributed by atoms with Gasteiger partial charge in [0.05, 0.1) is 0 Å². The largest absolute Gasteiger partial charge is 0.472 e. The van der Waals surface area contributed by atoms with Crippen LogP contribution in [0.5, 0.6) is 5.75 Å². The number of ether oxygens (including phenoxy) is 1. The molecule has 0 spiro atoms. The summed E-state index contributed by atoms with van der Waals surface area (Å²) in [5.74, 6) is 0.943. The molecule has 0 fully saturated rings. The van der Waals surface area contributed by atoms with E-state index in [1.165, 1.54) is 5.39 Å². The molecule has 1 heterocycles. The van der Waals surface area contributed by atoms with Crippen LogP contribution in [0.15, 0.2) is 103 Å². The van der Waals surface area contributed by atoms with E-state index in [-0.39, 0.29) is 7.43 Å². The SMILES string of the molecule is C.C1=CC(c2ccccc2)(c2ccccc2)Oc2c1ccc1ccccc21.CC.CC.CC.CC. The normalized spacial score (nSPS) is 11.5. The second-order valence-electron chi connectivity index (χ2n) is 6.61. The summed E-state index contributed by atoms with van der Waals surface area (Å²) in [7, 11) is 0. The number of hydrogen-bond acceptors (Lipinski definition) is 1. The van der Waals surface area contributed by atoms with Crippen LogP contribution in [0, 0.1) is 0 Å². The van der Waals surface area contributed by atoms with Gasteiger partial charge in [-0.15, -0.1) is 0 Å². The minimum absolute atomic E-state index is 0. The highest BCUT2D eigenvalue weighted by molar-refractivity contribution is 5.92. The Kier molecular flexibility index (Phi) is 15.5. The molecule has 1 aliphatic rings. The van der Waals surface area contributed by atoms with E-state index in [0.29, 0.717) is 0 Å². The molecule has 0 atom stereocenters. The van der Waals surface area contributed by atoms with Crippen molar-refractivity contribution in [1.82, 2.24) is 0 Å². The van der Waals surface area contributed by atoms with Crippen LogP contribution in [0.1, 0.15) is 79.5 Å². The second-order valence-corrected chi connectivity index (χ2v) is 6.61. The number of fused-ring (bicyclic) bond motifs is 3. The molecule has 1 nitrogen and oxygen atoms in total. The highest BCUT2D eigenvalue weighted by Crippen LogP contribution is 2.44. The Morgan fingerprint density at radius 3 is 1.49 bits per heavy atom. The van der Waals surface area contributed by atoms with Gasteiger partial charge >= 0.3 is 0 Å². The minimum Gasteiger partial charge on any atom is -0.472 e. The van der Waals surface area contributed by atoms with Gasteiger partial charge in [0.25, 0.3) is 0 Å². The number of rotatable bonds is 2. The molecule has 0 amide bonds. The summed E-state index contributed by atoms with van der Waals surface area (Å²) in [6.45, 7) is 16.0. The Morgan fingerprint density at radius 1 is 0.514 bits per heavy atom. The van der Waals surface area contributed by atoms with Crippen LogP contribution in [0.25, 0.3) is 16.8 Å². The zero-order valence-electron chi connectivity index (χ0n) is 22.3. The summed E-state index contributed by atoms with van der Waals surface area (Å²) >= 11 is 0. The van der Waals surface area contributed by atoms with Crippen molar-refractivity contribution >= 4 is 16.8 Å². The molecule has 0 radical (unpaired) electrons. The highest BCUT2D eigenvalue weighted by Gasteiger charge is 2.37. The quantitative estimate of drug-likeness (QED) is 0.283. The Bertz CT molecular complexity index is 1060. The van der Waals surface area contributed by atoms with Crippen LogP contribution in [0.3, 0.4) is 0 Å². The third-order valence-electron chi connectivity index (χ3n) is 5.08. The molecule has 1 aliphatic heterocycles. The van der Waals surface area contributed by atoms with E-state index in [1.54, 1.807) is 0 Å². The lowest BCUT2D eigenvalue weighted by molar-refractivity contribution is 0.163. The van der Waals surface area contributed by atoms with Crippen molar-refractivity contribution in [3.8, 4) is 5.75 Å². The Hall–Kier alpha value is -3.32. The lowest BCUT2D eigenvalue weighted by Crippen LogP contribution is -2.34. The van der Waals surface area contributed by atoms with E-state index >= 15 is 0 Å². The molecule has 0 aromatic heterocycles. The summed E-state index contributed by atoms with van der Waals surface area (Å²) in [5, 5.41) is 2.34. The van der Waals surface area contributed by atoms with Gasteiger partial charge in [0, 0.05) is 22.1 Å². The van der Waals surface area contributed by atoms with Crippen LogP contribution in [0.2, 0.25) is 0 Å². The van der Waals surface area contributed by atoms with Gasteiger partial charge in [-0.25, -0.2) is 0 Å². The van der Waals surface area contributed by atoms with E-state index < -0.39 is 5.60 Å². The first-order chi connectivity index (χ1) is 16.9. The fraction of sp³-hybridized carbons (Fsp3) is 0.294. The first-order valence-corrected chi connectivity index (χ1v) is 12.9. The monoisotopic (exact) mass is 470 g/mol. The first kappa shape index (κ1) is 31.7. The molecule has 5 rings (SSSR count). The molecule has 0 saturated heterocycles. The maximum atomic E-state index is 6.82. The molecule has 4 aromatic carbocycles. The van der Waals surface area contributed by atoms with E-state index in [2.05, 4.69) is 97.1 Å². The Labute approximate surface area is 215 Å². The molecular formula is C34H46O. The van der Waals surface area contributed by atoms with Crippen molar-refractivity contribution in [2.75, 3.05) is 0 Å². The van der Waals surface area contributed by atoms with Crippen LogP contribution >= 0.6 is 0 Å². The van der Waals surface area contributed by atoms with Gasteiger partial charge in [0.15, 0.2) is 5.60 Å². The van der Waals surface area contributed by atoms with Crippen molar-refractivity contribution in [3.05, 3.63) is 120 Å². The molecule has 4 aromatic rings. The van der Waals surface area contributed by atoms with E-state index in [9.17, 15) is 0 Å². The van der Waals surface area contributed by atoms with Gasteiger partial charge in [0.2, 0.25) is 0 Å². The average molecular weight is 471 g/mol. The predicted octanol–water partition coefficient (Wildman–Crippen LogP) is 10.9.